The van der Waals surface area contributed by atoms with Crippen molar-refractivity contribution in [1.29, 1.82) is 0 Å². The Kier molecular flexibility index (Phi) is 6.80. The summed E-state index contributed by atoms with van der Waals surface area (Å²) in [7, 11) is 0. The Balaban J connectivity index is 0.00000243. The lowest BCUT2D eigenvalue weighted by molar-refractivity contribution is -0.118. The topological polar surface area (TPSA) is 55.6 Å². The summed E-state index contributed by atoms with van der Waals surface area (Å²) in [5, 5.41) is 0. The molecule has 2 N–H and O–H groups in total. The van der Waals surface area contributed by atoms with Crippen LogP contribution in [-0.4, -0.2) is 19.1 Å². The third-order valence-corrected chi connectivity index (χ3v) is 4.36. The van der Waals surface area contributed by atoms with E-state index in [4.69, 9.17) is 5.73 Å². The van der Waals surface area contributed by atoms with E-state index in [0.29, 0.717) is 19.4 Å². The number of rotatable bonds is 5. The minimum atomic E-state index is -2.83. The second-order valence-electron chi connectivity index (χ2n) is 6.02. The third kappa shape index (κ3) is 4.64. The molecule has 1 amide bonds. The first kappa shape index (κ1) is 20.0. The fraction of sp³-hybridized carbons (Fsp3) is 0.316. The standard InChI is InChI=1S/C19H20F2N2O2.ClH/c20-19(21)25-14-9-6-13(7-10-14)8-11-18(24)23-12-2-3-15-16(22)4-1-5-17(15)23;/h1,4-7,9-10,19H,2-3,8,11-12,22H2;1H. The maximum Gasteiger partial charge on any atom is 0.387 e. The number of benzene rings is 2. The molecule has 0 saturated carbocycles. The van der Waals surface area contributed by atoms with Crippen molar-refractivity contribution < 1.29 is 18.3 Å². The molecule has 1 heterocycles. The van der Waals surface area contributed by atoms with Gasteiger partial charge in [-0.25, -0.2) is 0 Å². The van der Waals surface area contributed by atoms with E-state index in [1.165, 1.54) is 12.1 Å². The van der Waals surface area contributed by atoms with Gasteiger partial charge in [0.15, 0.2) is 0 Å². The predicted molar refractivity (Wildman–Crippen MR) is 100 cm³/mol. The molecule has 26 heavy (non-hydrogen) atoms. The summed E-state index contributed by atoms with van der Waals surface area (Å²) in [6.45, 7) is -2.14. The van der Waals surface area contributed by atoms with E-state index in [2.05, 4.69) is 4.74 Å². The number of halogens is 3. The summed E-state index contributed by atoms with van der Waals surface area (Å²) in [6, 6.07) is 12.0. The fourth-order valence-corrected chi connectivity index (χ4v) is 3.13. The Labute approximate surface area is 157 Å². The molecule has 0 aliphatic carbocycles. The van der Waals surface area contributed by atoms with E-state index in [0.717, 1.165) is 35.3 Å². The van der Waals surface area contributed by atoms with Crippen molar-refractivity contribution in [2.24, 2.45) is 0 Å². The highest BCUT2D eigenvalue weighted by Gasteiger charge is 2.23. The number of anilines is 2. The maximum atomic E-state index is 12.6. The van der Waals surface area contributed by atoms with Crippen LogP contribution in [0, 0.1) is 0 Å². The highest BCUT2D eigenvalue weighted by atomic mass is 35.5. The molecular weight excluding hydrogens is 362 g/mol. The number of alkyl halides is 2. The number of hydrogen-bond acceptors (Lipinski definition) is 3. The van der Waals surface area contributed by atoms with Crippen LogP contribution in [0.2, 0.25) is 0 Å². The van der Waals surface area contributed by atoms with Gasteiger partial charge in [-0.2, -0.15) is 8.78 Å². The SMILES string of the molecule is Cl.Nc1cccc2c1CCCN2C(=O)CCc1ccc(OC(F)F)cc1. The van der Waals surface area contributed by atoms with Gasteiger partial charge in [-0.1, -0.05) is 18.2 Å². The second kappa shape index (κ2) is 8.85. The smallest absolute Gasteiger partial charge is 0.387 e. The predicted octanol–water partition coefficient (Wildman–Crippen LogP) is 4.20. The van der Waals surface area contributed by atoms with Gasteiger partial charge in [0.25, 0.3) is 0 Å². The first-order valence-corrected chi connectivity index (χ1v) is 8.26. The Morgan fingerprint density at radius 3 is 2.62 bits per heavy atom. The molecular formula is C19H21ClF2N2O2. The Hall–Kier alpha value is -2.34. The van der Waals surface area contributed by atoms with Crippen LogP contribution in [0.25, 0.3) is 0 Å². The Bertz CT molecular complexity index is 754. The van der Waals surface area contributed by atoms with Gasteiger partial charge >= 0.3 is 6.61 Å². The van der Waals surface area contributed by atoms with E-state index in [1.54, 1.807) is 17.0 Å². The fourth-order valence-electron chi connectivity index (χ4n) is 3.13. The summed E-state index contributed by atoms with van der Waals surface area (Å²) < 4.78 is 28.6. The van der Waals surface area contributed by atoms with Crippen LogP contribution < -0.4 is 15.4 Å². The minimum Gasteiger partial charge on any atom is -0.435 e. The highest BCUT2D eigenvalue weighted by molar-refractivity contribution is 5.95. The van der Waals surface area contributed by atoms with Crippen LogP contribution in [0.5, 0.6) is 5.75 Å². The average molecular weight is 383 g/mol. The van der Waals surface area contributed by atoms with Crippen molar-refractivity contribution in [1.82, 2.24) is 0 Å². The number of nitrogens with two attached hydrogens (primary N) is 1. The van der Waals surface area contributed by atoms with Crippen molar-refractivity contribution in [3.63, 3.8) is 0 Å². The van der Waals surface area contributed by atoms with Gasteiger partial charge in [-0.15, -0.1) is 12.4 Å². The zero-order chi connectivity index (χ0) is 17.8. The number of carbonyl (C=O) groups excluding carboxylic acids is 1. The van der Waals surface area contributed by atoms with Gasteiger partial charge in [0, 0.05) is 24.3 Å². The molecule has 2 aromatic rings. The number of nitrogen functional groups attached to an aromatic ring is 1. The molecule has 2 aromatic carbocycles. The molecule has 1 aliphatic rings. The first-order valence-electron chi connectivity index (χ1n) is 8.26. The minimum absolute atomic E-state index is 0. The zero-order valence-corrected chi connectivity index (χ0v) is 15.0. The summed E-state index contributed by atoms with van der Waals surface area (Å²) >= 11 is 0. The number of aryl methyl sites for hydroxylation is 1. The maximum absolute atomic E-state index is 12.6. The molecule has 0 radical (unpaired) electrons. The van der Waals surface area contributed by atoms with Crippen molar-refractivity contribution in [2.45, 2.75) is 32.3 Å². The molecule has 0 aromatic heterocycles. The van der Waals surface area contributed by atoms with Crippen molar-refractivity contribution >= 4 is 29.7 Å². The van der Waals surface area contributed by atoms with Gasteiger partial charge in [-0.05, 0) is 54.7 Å². The van der Waals surface area contributed by atoms with Crippen LogP contribution in [0.15, 0.2) is 42.5 Å². The number of fused-ring (bicyclic) bond motifs is 1. The quantitative estimate of drug-likeness (QED) is 0.788. The molecule has 140 valence electrons. The van der Waals surface area contributed by atoms with Crippen LogP contribution in [0.4, 0.5) is 20.2 Å². The molecule has 1 aliphatic heterocycles. The van der Waals surface area contributed by atoms with Crippen molar-refractivity contribution in [3.8, 4) is 5.75 Å². The van der Waals surface area contributed by atoms with Gasteiger partial charge in [0.2, 0.25) is 5.91 Å². The van der Waals surface area contributed by atoms with Crippen molar-refractivity contribution in [3.05, 3.63) is 53.6 Å². The molecule has 0 spiro atoms. The van der Waals surface area contributed by atoms with Crippen LogP contribution in [-0.2, 0) is 17.6 Å². The lowest BCUT2D eigenvalue weighted by Gasteiger charge is -2.30. The molecule has 3 rings (SSSR count). The lowest BCUT2D eigenvalue weighted by atomic mass is 9.99. The van der Waals surface area contributed by atoms with Crippen LogP contribution in [0.3, 0.4) is 0 Å². The Morgan fingerprint density at radius 2 is 1.92 bits per heavy atom. The van der Waals surface area contributed by atoms with Crippen molar-refractivity contribution in [2.75, 3.05) is 17.2 Å². The van der Waals surface area contributed by atoms with E-state index in [1.807, 2.05) is 18.2 Å². The first-order chi connectivity index (χ1) is 12.0. The van der Waals surface area contributed by atoms with Gasteiger partial charge in [0.05, 0.1) is 0 Å². The van der Waals surface area contributed by atoms with Crippen LogP contribution in [0.1, 0.15) is 24.0 Å². The molecule has 0 bridgehead atoms. The zero-order valence-electron chi connectivity index (χ0n) is 14.2. The van der Waals surface area contributed by atoms with Gasteiger partial charge in [-0.3, -0.25) is 4.79 Å². The Morgan fingerprint density at radius 1 is 1.19 bits per heavy atom. The summed E-state index contributed by atoms with van der Waals surface area (Å²) in [4.78, 5) is 14.4. The van der Waals surface area contributed by atoms with E-state index >= 15 is 0 Å². The number of amides is 1. The largest absolute Gasteiger partial charge is 0.435 e. The average Bonchev–Trinajstić information content (AvgIpc) is 2.60. The van der Waals surface area contributed by atoms with Gasteiger partial charge in [0.1, 0.15) is 5.75 Å². The molecule has 0 atom stereocenters. The molecule has 0 saturated heterocycles. The normalized spacial score (nSPS) is 13.1. The number of carbonyl (C=O) groups is 1. The van der Waals surface area contributed by atoms with E-state index in [-0.39, 0.29) is 24.1 Å². The molecule has 4 nitrogen and oxygen atoms in total. The molecule has 0 fully saturated rings. The lowest BCUT2D eigenvalue weighted by Crippen LogP contribution is -2.35. The number of ether oxygens (including phenoxy) is 1. The summed E-state index contributed by atoms with van der Waals surface area (Å²) in [5.74, 6) is 0.157. The van der Waals surface area contributed by atoms with Crippen LogP contribution >= 0.6 is 12.4 Å². The van der Waals surface area contributed by atoms with E-state index < -0.39 is 6.61 Å². The monoisotopic (exact) mass is 382 g/mol. The molecule has 7 heteroatoms. The number of hydrogen-bond donors (Lipinski definition) is 1. The third-order valence-electron chi connectivity index (χ3n) is 4.36. The highest BCUT2D eigenvalue weighted by Crippen LogP contribution is 2.31. The molecule has 0 unspecified atom stereocenters. The summed E-state index contributed by atoms with van der Waals surface area (Å²) in [6.07, 6.45) is 2.68. The second-order valence-corrected chi connectivity index (χ2v) is 6.02. The number of nitrogens with zero attached hydrogens (tertiary/aromatic N) is 1. The summed E-state index contributed by atoms with van der Waals surface area (Å²) in [5.41, 5.74) is 9.58. The van der Waals surface area contributed by atoms with Gasteiger partial charge < -0.3 is 15.4 Å². The van der Waals surface area contributed by atoms with E-state index in [9.17, 15) is 13.6 Å².